The normalized spacial score (nSPS) is 20.0. The molecule has 0 radical (unpaired) electrons. The zero-order chi connectivity index (χ0) is 9.03. The summed E-state index contributed by atoms with van der Waals surface area (Å²) in [5.74, 6) is 0. The van der Waals surface area contributed by atoms with Crippen LogP contribution in [0.2, 0.25) is 0 Å². The molecule has 0 aromatic rings. The van der Waals surface area contributed by atoms with Gasteiger partial charge in [-0.05, 0) is 12.8 Å². The van der Waals surface area contributed by atoms with Gasteiger partial charge in [-0.25, -0.2) is 13.2 Å². The Balaban J connectivity index is 2.73. The molecule has 1 rings (SSSR count). The van der Waals surface area contributed by atoms with Crippen molar-refractivity contribution in [2.24, 2.45) is 4.40 Å². The van der Waals surface area contributed by atoms with E-state index in [1.54, 1.807) is 0 Å². The van der Waals surface area contributed by atoms with Crippen LogP contribution >= 0.6 is 0 Å². The van der Waals surface area contributed by atoms with E-state index in [4.69, 9.17) is 4.74 Å². The summed E-state index contributed by atoms with van der Waals surface area (Å²) >= 11 is 0. The van der Waals surface area contributed by atoms with Crippen molar-refractivity contribution in [2.75, 3.05) is 13.2 Å². The van der Waals surface area contributed by atoms with Gasteiger partial charge in [-0.2, -0.15) is 0 Å². The average Bonchev–Trinajstić information content (AvgIpc) is 2.06. The Kier molecular flexibility index (Phi) is 2.97. The minimum atomic E-state index is -3.61. The number of hydrogen-bond donors (Lipinski definition) is 0. The van der Waals surface area contributed by atoms with Crippen LogP contribution in [-0.4, -0.2) is 33.0 Å². The zero-order valence-electron chi connectivity index (χ0n) is 6.39. The van der Waals surface area contributed by atoms with E-state index in [0.29, 0.717) is 26.1 Å². The van der Waals surface area contributed by atoms with Gasteiger partial charge in [0.05, 0.1) is 5.25 Å². The molecule has 0 unspecified atom stereocenters. The van der Waals surface area contributed by atoms with Gasteiger partial charge in [0, 0.05) is 13.2 Å². The van der Waals surface area contributed by atoms with Crippen LogP contribution in [0, 0.1) is 0 Å². The molecule has 0 amide bonds. The molecule has 1 saturated heterocycles. The van der Waals surface area contributed by atoms with Gasteiger partial charge in [0.2, 0.25) is 0 Å². The standard InChI is InChI=1S/C6H9NO4S/c8-5-7-12(9,10)6-1-3-11-4-2-6/h6H,1-4H2. The highest BCUT2D eigenvalue weighted by Gasteiger charge is 2.26. The number of hydrogen-bond acceptors (Lipinski definition) is 4. The molecular weight excluding hydrogens is 182 g/mol. The minimum absolute atomic E-state index is 0.410. The van der Waals surface area contributed by atoms with E-state index in [-0.39, 0.29) is 0 Å². The van der Waals surface area contributed by atoms with E-state index in [2.05, 4.69) is 4.40 Å². The molecule has 1 heterocycles. The summed E-state index contributed by atoms with van der Waals surface area (Å²) in [6, 6.07) is 0. The fourth-order valence-corrected chi connectivity index (χ4v) is 2.14. The van der Waals surface area contributed by atoms with Gasteiger partial charge in [0.25, 0.3) is 16.1 Å². The van der Waals surface area contributed by atoms with Crippen LogP contribution in [0.3, 0.4) is 0 Å². The Labute approximate surface area is 70.5 Å². The molecule has 12 heavy (non-hydrogen) atoms. The molecule has 0 aliphatic carbocycles. The van der Waals surface area contributed by atoms with Gasteiger partial charge in [-0.15, -0.1) is 0 Å². The lowest BCUT2D eigenvalue weighted by molar-refractivity contribution is 0.0984. The lowest BCUT2D eigenvalue weighted by Gasteiger charge is -2.18. The first-order valence-corrected chi connectivity index (χ1v) is 5.08. The number of sulfonamides is 1. The van der Waals surface area contributed by atoms with Crippen molar-refractivity contribution in [3.63, 3.8) is 0 Å². The van der Waals surface area contributed by atoms with Crippen molar-refractivity contribution in [1.82, 2.24) is 0 Å². The molecule has 1 aliphatic heterocycles. The van der Waals surface area contributed by atoms with Crippen LogP contribution in [0.15, 0.2) is 4.40 Å². The van der Waals surface area contributed by atoms with E-state index in [0.717, 1.165) is 6.08 Å². The molecule has 1 aliphatic rings. The first kappa shape index (κ1) is 9.38. The van der Waals surface area contributed by atoms with E-state index in [1.807, 2.05) is 0 Å². The van der Waals surface area contributed by atoms with Gasteiger partial charge in [-0.1, -0.05) is 4.40 Å². The number of rotatable bonds is 2. The van der Waals surface area contributed by atoms with Gasteiger partial charge in [0.1, 0.15) is 0 Å². The first-order valence-electron chi connectivity index (χ1n) is 3.57. The van der Waals surface area contributed by atoms with Gasteiger partial charge in [0.15, 0.2) is 0 Å². The number of isocyanates is 1. The van der Waals surface area contributed by atoms with E-state index in [9.17, 15) is 13.2 Å². The first-order chi connectivity index (χ1) is 5.67. The predicted octanol–water partition coefficient (Wildman–Crippen LogP) is -0.169. The summed E-state index contributed by atoms with van der Waals surface area (Å²) in [5, 5.41) is -0.562. The van der Waals surface area contributed by atoms with Crippen molar-refractivity contribution < 1.29 is 17.9 Å². The highest BCUT2D eigenvalue weighted by Crippen LogP contribution is 2.16. The fraction of sp³-hybridized carbons (Fsp3) is 0.833. The average molecular weight is 191 g/mol. The van der Waals surface area contributed by atoms with Crippen molar-refractivity contribution in [3.05, 3.63) is 0 Å². The third-order valence-electron chi connectivity index (χ3n) is 1.75. The Morgan fingerprint density at radius 3 is 2.42 bits per heavy atom. The van der Waals surface area contributed by atoms with Crippen molar-refractivity contribution in [3.8, 4) is 0 Å². The van der Waals surface area contributed by atoms with Crippen LogP contribution in [0.5, 0.6) is 0 Å². The molecule has 0 spiro atoms. The maximum Gasteiger partial charge on any atom is 0.266 e. The van der Waals surface area contributed by atoms with E-state index < -0.39 is 15.3 Å². The number of ether oxygens (including phenoxy) is 1. The molecule has 0 saturated carbocycles. The topological polar surface area (TPSA) is 72.8 Å². The van der Waals surface area contributed by atoms with E-state index in [1.165, 1.54) is 0 Å². The Hall–Kier alpha value is -0.710. The molecule has 68 valence electrons. The predicted molar refractivity (Wildman–Crippen MR) is 40.9 cm³/mol. The lowest BCUT2D eigenvalue weighted by atomic mass is 10.2. The van der Waals surface area contributed by atoms with Crippen molar-refractivity contribution >= 4 is 16.1 Å². The smallest absolute Gasteiger partial charge is 0.266 e. The largest absolute Gasteiger partial charge is 0.381 e. The highest BCUT2D eigenvalue weighted by molar-refractivity contribution is 7.90. The second-order valence-electron chi connectivity index (χ2n) is 2.51. The van der Waals surface area contributed by atoms with Gasteiger partial charge < -0.3 is 4.74 Å². The second-order valence-corrected chi connectivity index (χ2v) is 4.39. The molecule has 0 aromatic carbocycles. The quantitative estimate of drug-likeness (QED) is 0.448. The third kappa shape index (κ3) is 2.14. The Morgan fingerprint density at radius 2 is 1.92 bits per heavy atom. The summed E-state index contributed by atoms with van der Waals surface area (Å²) in [5.41, 5.74) is 0. The summed E-state index contributed by atoms with van der Waals surface area (Å²) in [6.45, 7) is 0.830. The summed E-state index contributed by atoms with van der Waals surface area (Å²) in [6.07, 6.45) is 1.87. The zero-order valence-corrected chi connectivity index (χ0v) is 7.21. The number of carbonyl (C=O) groups excluding carboxylic acids is 1. The monoisotopic (exact) mass is 191 g/mol. The fourth-order valence-electron chi connectivity index (χ4n) is 1.10. The van der Waals surface area contributed by atoms with Crippen LogP contribution in [-0.2, 0) is 19.6 Å². The molecular formula is C6H9NO4S. The molecule has 6 heteroatoms. The lowest BCUT2D eigenvalue weighted by Crippen LogP contribution is -2.27. The second kappa shape index (κ2) is 3.80. The Morgan fingerprint density at radius 1 is 1.33 bits per heavy atom. The molecule has 0 aromatic heterocycles. The van der Waals surface area contributed by atoms with Crippen molar-refractivity contribution in [2.45, 2.75) is 18.1 Å². The van der Waals surface area contributed by atoms with Gasteiger partial charge >= 0.3 is 0 Å². The van der Waals surface area contributed by atoms with Gasteiger partial charge in [-0.3, -0.25) is 0 Å². The number of nitrogens with zero attached hydrogens (tertiary/aromatic N) is 1. The summed E-state index contributed by atoms with van der Waals surface area (Å²) in [4.78, 5) is 9.76. The molecule has 5 nitrogen and oxygen atoms in total. The SMILES string of the molecule is O=C=NS(=O)(=O)C1CCOCC1. The highest BCUT2D eigenvalue weighted by atomic mass is 32.2. The van der Waals surface area contributed by atoms with Crippen LogP contribution < -0.4 is 0 Å². The molecule has 0 atom stereocenters. The maximum atomic E-state index is 11.1. The van der Waals surface area contributed by atoms with Crippen molar-refractivity contribution in [1.29, 1.82) is 0 Å². The molecule has 0 N–H and O–H groups in total. The van der Waals surface area contributed by atoms with Crippen LogP contribution in [0.1, 0.15) is 12.8 Å². The summed E-state index contributed by atoms with van der Waals surface area (Å²) in [7, 11) is -3.61. The van der Waals surface area contributed by atoms with Crippen LogP contribution in [0.25, 0.3) is 0 Å². The molecule has 0 bridgehead atoms. The minimum Gasteiger partial charge on any atom is -0.381 e. The Bertz CT molecular complexity index is 285. The van der Waals surface area contributed by atoms with E-state index >= 15 is 0 Å². The molecule has 1 fully saturated rings. The van der Waals surface area contributed by atoms with Crippen LogP contribution in [0.4, 0.5) is 0 Å². The third-order valence-corrected chi connectivity index (χ3v) is 3.40. The maximum absolute atomic E-state index is 11.1. The summed E-state index contributed by atoms with van der Waals surface area (Å²) < 4.78 is 30.0.